The second kappa shape index (κ2) is 10.1. The van der Waals surface area contributed by atoms with Crippen LogP contribution in [0.5, 0.6) is 5.75 Å². The summed E-state index contributed by atoms with van der Waals surface area (Å²) in [6, 6.07) is 13.7. The summed E-state index contributed by atoms with van der Waals surface area (Å²) in [6.07, 6.45) is 3.44. The lowest BCUT2D eigenvalue weighted by atomic mass is 10.2. The van der Waals surface area contributed by atoms with E-state index in [9.17, 15) is 13.2 Å². The highest BCUT2D eigenvalue weighted by Crippen LogP contribution is 2.16. The summed E-state index contributed by atoms with van der Waals surface area (Å²) in [5.74, 6) is 0.403. The monoisotopic (exact) mass is 404 g/mol. The van der Waals surface area contributed by atoms with E-state index in [4.69, 9.17) is 4.74 Å². The van der Waals surface area contributed by atoms with Gasteiger partial charge in [-0.25, -0.2) is 8.42 Å². The van der Waals surface area contributed by atoms with Crippen LogP contribution in [0.1, 0.15) is 30.1 Å². The van der Waals surface area contributed by atoms with Gasteiger partial charge in [0.25, 0.3) is 5.91 Å². The first-order chi connectivity index (χ1) is 13.3. The molecule has 0 atom stereocenters. The van der Waals surface area contributed by atoms with Gasteiger partial charge in [-0.15, -0.1) is 0 Å². The van der Waals surface area contributed by atoms with Gasteiger partial charge in [0.1, 0.15) is 12.4 Å². The summed E-state index contributed by atoms with van der Waals surface area (Å²) in [5.41, 5.74) is 1.69. The first kappa shape index (κ1) is 21.8. The lowest BCUT2D eigenvalue weighted by Gasteiger charge is -2.19. The Hall–Kier alpha value is -2.54. The summed E-state index contributed by atoms with van der Waals surface area (Å²) in [4.78, 5) is 14.6. The second-order valence-electron chi connectivity index (χ2n) is 6.67. The van der Waals surface area contributed by atoms with Crippen LogP contribution in [0, 0.1) is 0 Å². The number of rotatable bonds is 10. The van der Waals surface area contributed by atoms with E-state index in [0.29, 0.717) is 24.5 Å². The molecule has 152 valence electrons. The average molecular weight is 405 g/mol. The number of hydrogen-bond acceptors (Lipinski definition) is 5. The quantitative estimate of drug-likeness (QED) is 0.616. The van der Waals surface area contributed by atoms with E-state index in [-0.39, 0.29) is 10.8 Å². The smallest absolute Gasteiger partial charge is 0.251 e. The van der Waals surface area contributed by atoms with Crippen LogP contribution in [0.4, 0.5) is 5.69 Å². The van der Waals surface area contributed by atoms with Crippen LogP contribution in [0.25, 0.3) is 0 Å². The highest BCUT2D eigenvalue weighted by molar-refractivity contribution is 7.90. The maximum Gasteiger partial charge on any atom is 0.251 e. The Morgan fingerprint density at radius 2 is 1.71 bits per heavy atom. The van der Waals surface area contributed by atoms with Gasteiger partial charge in [-0.3, -0.25) is 4.79 Å². The molecule has 0 aliphatic heterocycles. The first-order valence-electron chi connectivity index (χ1n) is 9.33. The maximum absolute atomic E-state index is 12.2. The largest absolute Gasteiger partial charge is 0.492 e. The van der Waals surface area contributed by atoms with E-state index in [0.717, 1.165) is 31.3 Å². The summed E-state index contributed by atoms with van der Waals surface area (Å²) >= 11 is 0. The van der Waals surface area contributed by atoms with E-state index in [1.165, 1.54) is 12.1 Å². The standard InChI is InChI=1S/C21H28N2O4S/c1-4-5-15-23(2)18-8-6-17(7-9-18)21(24)22-14-16-27-19-10-12-20(13-11-19)28(3,25)26/h6-13H,4-5,14-16H2,1-3H3,(H,22,24). The third-order valence-corrected chi connectivity index (χ3v) is 5.45. The number of carbonyl (C=O) groups is 1. The van der Waals surface area contributed by atoms with E-state index in [1.54, 1.807) is 12.1 Å². The van der Waals surface area contributed by atoms with E-state index in [2.05, 4.69) is 17.1 Å². The van der Waals surface area contributed by atoms with Crippen LogP contribution in [0.2, 0.25) is 0 Å². The van der Waals surface area contributed by atoms with E-state index >= 15 is 0 Å². The van der Waals surface area contributed by atoms with Crippen LogP contribution in [-0.2, 0) is 9.84 Å². The maximum atomic E-state index is 12.2. The zero-order valence-corrected chi connectivity index (χ0v) is 17.5. The average Bonchev–Trinajstić information content (AvgIpc) is 2.69. The van der Waals surface area contributed by atoms with Crippen molar-refractivity contribution in [2.24, 2.45) is 0 Å². The minimum absolute atomic E-state index is 0.154. The molecule has 7 heteroatoms. The Kier molecular flexibility index (Phi) is 7.87. The topological polar surface area (TPSA) is 75.7 Å². The minimum Gasteiger partial charge on any atom is -0.492 e. The van der Waals surface area contributed by atoms with E-state index < -0.39 is 9.84 Å². The predicted octanol–water partition coefficient (Wildman–Crippen LogP) is 3.14. The van der Waals surface area contributed by atoms with Gasteiger partial charge in [-0.05, 0) is 55.0 Å². The molecule has 0 radical (unpaired) electrons. The Bertz CT molecular complexity index is 862. The molecule has 0 aromatic heterocycles. The molecule has 2 aromatic carbocycles. The molecule has 0 aliphatic rings. The van der Waals surface area contributed by atoms with Gasteiger partial charge in [-0.2, -0.15) is 0 Å². The van der Waals surface area contributed by atoms with E-state index in [1.807, 2.05) is 31.3 Å². The van der Waals surface area contributed by atoms with Gasteiger partial charge in [0, 0.05) is 31.1 Å². The third-order valence-electron chi connectivity index (χ3n) is 4.33. The van der Waals surface area contributed by atoms with Gasteiger partial charge in [-0.1, -0.05) is 13.3 Å². The van der Waals surface area contributed by atoms with Gasteiger partial charge in [0.15, 0.2) is 9.84 Å². The Morgan fingerprint density at radius 3 is 2.29 bits per heavy atom. The number of ether oxygens (including phenoxy) is 1. The van der Waals surface area contributed by atoms with Crippen LogP contribution in [0.3, 0.4) is 0 Å². The Morgan fingerprint density at radius 1 is 1.07 bits per heavy atom. The molecule has 0 heterocycles. The molecule has 0 bridgehead atoms. The fourth-order valence-electron chi connectivity index (χ4n) is 2.61. The zero-order chi connectivity index (χ0) is 20.6. The van der Waals surface area contributed by atoms with Crippen molar-refractivity contribution in [2.75, 3.05) is 37.9 Å². The van der Waals surface area contributed by atoms with Crippen molar-refractivity contribution < 1.29 is 17.9 Å². The molecule has 2 rings (SSSR count). The van der Waals surface area contributed by atoms with Crippen molar-refractivity contribution in [3.05, 3.63) is 54.1 Å². The molecule has 28 heavy (non-hydrogen) atoms. The molecule has 0 fully saturated rings. The number of nitrogens with zero attached hydrogens (tertiary/aromatic N) is 1. The highest BCUT2D eigenvalue weighted by atomic mass is 32.2. The molecule has 1 amide bonds. The molecule has 0 aliphatic carbocycles. The number of benzene rings is 2. The number of amides is 1. The highest BCUT2D eigenvalue weighted by Gasteiger charge is 2.08. The fourth-order valence-corrected chi connectivity index (χ4v) is 3.24. The van der Waals surface area contributed by atoms with Crippen molar-refractivity contribution >= 4 is 21.4 Å². The first-order valence-corrected chi connectivity index (χ1v) is 11.2. The van der Waals surface area contributed by atoms with Crippen molar-refractivity contribution in [1.82, 2.24) is 5.32 Å². The molecule has 0 saturated heterocycles. The van der Waals surface area contributed by atoms with Crippen LogP contribution < -0.4 is 15.0 Å². The lowest BCUT2D eigenvalue weighted by Crippen LogP contribution is -2.28. The third kappa shape index (κ3) is 6.56. The normalized spacial score (nSPS) is 11.1. The number of carbonyl (C=O) groups excluding carboxylic acids is 1. The molecule has 0 spiro atoms. The summed E-state index contributed by atoms with van der Waals surface area (Å²) in [7, 11) is -1.17. The molecule has 2 aromatic rings. The van der Waals surface area contributed by atoms with Crippen LogP contribution in [0.15, 0.2) is 53.4 Å². The van der Waals surface area contributed by atoms with Crippen LogP contribution >= 0.6 is 0 Å². The number of hydrogen-bond donors (Lipinski definition) is 1. The van der Waals surface area contributed by atoms with Crippen molar-refractivity contribution in [1.29, 1.82) is 0 Å². The Balaban J connectivity index is 1.78. The Labute approximate surface area is 167 Å². The predicted molar refractivity (Wildman–Crippen MR) is 112 cm³/mol. The number of nitrogens with one attached hydrogen (secondary N) is 1. The zero-order valence-electron chi connectivity index (χ0n) is 16.6. The van der Waals surface area contributed by atoms with Gasteiger partial charge in [0.2, 0.25) is 0 Å². The molecular weight excluding hydrogens is 376 g/mol. The minimum atomic E-state index is -3.22. The van der Waals surface area contributed by atoms with Gasteiger partial charge < -0.3 is 15.0 Å². The van der Waals surface area contributed by atoms with Crippen LogP contribution in [-0.4, -0.2) is 47.3 Å². The second-order valence-corrected chi connectivity index (χ2v) is 8.69. The van der Waals surface area contributed by atoms with Crippen molar-refractivity contribution in [2.45, 2.75) is 24.7 Å². The molecular formula is C21H28N2O4S. The SMILES string of the molecule is CCCCN(C)c1ccc(C(=O)NCCOc2ccc(S(C)(=O)=O)cc2)cc1. The molecule has 0 unspecified atom stereocenters. The molecule has 1 N–H and O–H groups in total. The van der Waals surface area contributed by atoms with Gasteiger partial charge >= 0.3 is 0 Å². The number of anilines is 1. The van der Waals surface area contributed by atoms with Crippen molar-refractivity contribution in [3.63, 3.8) is 0 Å². The summed E-state index contributed by atoms with van der Waals surface area (Å²) in [6.45, 7) is 3.80. The number of unbranched alkanes of at least 4 members (excludes halogenated alkanes) is 1. The van der Waals surface area contributed by atoms with Gasteiger partial charge in [0.05, 0.1) is 11.4 Å². The molecule has 6 nitrogen and oxygen atoms in total. The molecule has 0 saturated carbocycles. The lowest BCUT2D eigenvalue weighted by molar-refractivity contribution is 0.0947. The fraction of sp³-hybridized carbons (Fsp3) is 0.381. The summed E-state index contributed by atoms with van der Waals surface area (Å²) < 4.78 is 28.4. The van der Waals surface area contributed by atoms with Crippen molar-refractivity contribution in [3.8, 4) is 5.75 Å². The summed E-state index contributed by atoms with van der Waals surface area (Å²) in [5, 5.41) is 2.81. The number of sulfone groups is 1.